The minimum Gasteiger partial charge on any atom is -0.462 e. The molecule has 0 aromatic heterocycles. The van der Waals surface area contributed by atoms with E-state index in [9.17, 15) is 14.4 Å². The lowest BCUT2D eigenvalue weighted by Gasteiger charge is -2.18. The fourth-order valence-electron chi connectivity index (χ4n) is 6.80. The quantitative estimate of drug-likeness (QED) is 0.0262. The topological polar surface area (TPSA) is 78.9 Å². The molecule has 0 aliphatic carbocycles. The highest BCUT2D eigenvalue weighted by molar-refractivity contribution is 5.71. The average molecular weight is 951 g/mol. The van der Waals surface area contributed by atoms with Crippen LogP contribution in [-0.2, 0) is 28.6 Å². The summed E-state index contributed by atoms with van der Waals surface area (Å²) in [4.78, 5) is 37.6. The van der Waals surface area contributed by atoms with Crippen molar-refractivity contribution in [3.63, 3.8) is 0 Å². The number of hydrogen-bond donors (Lipinski definition) is 0. The van der Waals surface area contributed by atoms with E-state index in [0.29, 0.717) is 12.8 Å². The number of rotatable bonds is 47. The molecule has 0 aliphatic heterocycles. The molecule has 0 aliphatic rings. The summed E-state index contributed by atoms with van der Waals surface area (Å²) >= 11 is 0. The standard InChI is InChI=1S/C63H98O6/c1-4-7-10-13-15-17-19-21-22-23-24-25-26-27-28-29-30-31-32-33-34-35-36-37-38-39-40-42-43-45-47-50-53-56-62(65)68-59-60(58-67-61(64)55-52-49-12-9-6-3)69-63(66)57-54-51-48-46-44-41-20-18-16-14-11-8-5-2/h7-8,10-11,15-18,21-22,24-25,27-28,30-31,33-34,36-37,39-41,44,60H,4-6,9,12-14,19-20,23,26,29,32,35,38,42-43,45-59H2,1-3H3/b10-7-,11-8-,17-15-,18-16-,22-21-,25-24-,28-27-,31-30-,34-33-,37-36-,40-39-,44-41-. The Labute approximate surface area is 423 Å². The van der Waals surface area contributed by atoms with Gasteiger partial charge in [0.05, 0.1) is 0 Å². The molecule has 0 spiro atoms. The number of esters is 3. The van der Waals surface area contributed by atoms with Gasteiger partial charge in [0.25, 0.3) is 0 Å². The monoisotopic (exact) mass is 951 g/mol. The van der Waals surface area contributed by atoms with Crippen LogP contribution < -0.4 is 0 Å². The molecule has 0 N–H and O–H groups in total. The molecule has 0 rings (SSSR count). The molecular formula is C63H98O6. The fourth-order valence-corrected chi connectivity index (χ4v) is 6.80. The van der Waals surface area contributed by atoms with Crippen molar-refractivity contribution in [3.05, 3.63) is 146 Å². The second-order valence-corrected chi connectivity index (χ2v) is 17.4. The summed E-state index contributed by atoms with van der Waals surface area (Å²) in [6.07, 6.45) is 80.3. The second-order valence-electron chi connectivity index (χ2n) is 17.4. The Morgan fingerprint density at radius 3 is 0.899 bits per heavy atom. The first-order valence-electron chi connectivity index (χ1n) is 27.3. The molecule has 0 heterocycles. The van der Waals surface area contributed by atoms with Gasteiger partial charge >= 0.3 is 17.9 Å². The largest absolute Gasteiger partial charge is 0.462 e. The van der Waals surface area contributed by atoms with Crippen LogP contribution in [0, 0.1) is 0 Å². The summed E-state index contributed by atoms with van der Waals surface area (Å²) < 4.78 is 16.6. The highest BCUT2D eigenvalue weighted by atomic mass is 16.6. The first kappa shape index (κ1) is 64.3. The van der Waals surface area contributed by atoms with E-state index in [1.807, 2.05) is 0 Å². The maximum Gasteiger partial charge on any atom is 0.306 e. The van der Waals surface area contributed by atoms with Crippen molar-refractivity contribution in [2.24, 2.45) is 0 Å². The van der Waals surface area contributed by atoms with Crippen LogP contribution in [0.25, 0.3) is 0 Å². The van der Waals surface area contributed by atoms with Crippen molar-refractivity contribution in [1.82, 2.24) is 0 Å². The van der Waals surface area contributed by atoms with Crippen molar-refractivity contribution in [1.29, 1.82) is 0 Å². The molecule has 0 bridgehead atoms. The van der Waals surface area contributed by atoms with Gasteiger partial charge in [0.15, 0.2) is 6.10 Å². The number of hydrogen-bond acceptors (Lipinski definition) is 6. The van der Waals surface area contributed by atoms with E-state index in [4.69, 9.17) is 14.2 Å². The lowest BCUT2D eigenvalue weighted by atomic mass is 10.1. The van der Waals surface area contributed by atoms with E-state index >= 15 is 0 Å². The Morgan fingerprint density at radius 2 is 0.565 bits per heavy atom. The summed E-state index contributed by atoms with van der Waals surface area (Å²) in [6.45, 7) is 6.25. The molecule has 0 saturated carbocycles. The van der Waals surface area contributed by atoms with Crippen LogP contribution in [0.2, 0.25) is 0 Å². The summed E-state index contributed by atoms with van der Waals surface area (Å²) in [6, 6.07) is 0. The molecule has 0 amide bonds. The molecule has 386 valence electrons. The number of unbranched alkanes of at least 4 members (excludes halogenated alkanes) is 12. The molecule has 6 heteroatoms. The molecule has 0 aromatic rings. The van der Waals surface area contributed by atoms with E-state index in [-0.39, 0.29) is 37.5 Å². The van der Waals surface area contributed by atoms with Crippen molar-refractivity contribution in [2.75, 3.05) is 13.2 Å². The van der Waals surface area contributed by atoms with E-state index in [1.165, 1.54) is 0 Å². The molecule has 0 radical (unpaired) electrons. The summed E-state index contributed by atoms with van der Waals surface area (Å²) in [5.41, 5.74) is 0. The Kier molecular flexibility index (Phi) is 52.1. The minimum atomic E-state index is -0.802. The number of carbonyl (C=O) groups is 3. The van der Waals surface area contributed by atoms with Gasteiger partial charge in [0.2, 0.25) is 0 Å². The van der Waals surface area contributed by atoms with Crippen LogP contribution in [0.1, 0.15) is 213 Å². The Balaban J connectivity index is 4.15. The molecular weight excluding hydrogens is 853 g/mol. The van der Waals surface area contributed by atoms with Gasteiger partial charge in [-0.3, -0.25) is 14.4 Å². The zero-order chi connectivity index (χ0) is 50.0. The number of allylic oxidation sites excluding steroid dienone is 24. The highest BCUT2D eigenvalue weighted by Crippen LogP contribution is 2.12. The zero-order valence-corrected chi connectivity index (χ0v) is 44.0. The maximum atomic E-state index is 12.7. The van der Waals surface area contributed by atoms with Gasteiger partial charge in [-0.2, -0.15) is 0 Å². The molecule has 0 fully saturated rings. The van der Waals surface area contributed by atoms with Gasteiger partial charge in [-0.1, -0.05) is 218 Å². The lowest BCUT2D eigenvalue weighted by Crippen LogP contribution is -2.30. The van der Waals surface area contributed by atoms with Gasteiger partial charge < -0.3 is 14.2 Å². The third kappa shape index (κ3) is 54.1. The average Bonchev–Trinajstić information content (AvgIpc) is 3.35. The van der Waals surface area contributed by atoms with E-state index in [0.717, 1.165) is 173 Å². The van der Waals surface area contributed by atoms with Gasteiger partial charge in [0.1, 0.15) is 13.2 Å². The molecule has 1 unspecified atom stereocenters. The third-order valence-electron chi connectivity index (χ3n) is 10.8. The van der Waals surface area contributed by atoms with Gasteiger partial charge in [-0.05, 0) is 122 Å². The smallest absolute Gasteiger partial charge is 0.306 e. The van der Waals surface area contributed by atoms with Crippen molar-refractivity contribution >= 4 is 17.9 Å². The van der Waals surface area contributed by atoms with E-state index in [2.05, 4.69) is 167 Å². The van der Waals surface area contributed by atoms with Crippen LogP contribution in [0.4, 0.5) is 0 Å². The predicted molar refractivity (Wildman–Crippen MR) is 297 cm³/mol. The summed E-state index contributed by atoms with van der Waals surface area (Å²) in [5.74, 6) is -0.978. The zero-order valence-electron chi connectivity index (χ0n) is 44.0. The predicted octanol–water partition coefficient (Wildman–Crippen LogP) is 18.4. The normalized spacial score (nSPS) is 13.3. The first-order chi connectivity index (χ1) is 34.0. The third-order valence-corrected chi connectivity index (χ3v) is 10.8. The molecule has 0 aromatic carbocycles. The Bertz CT molecular complexity index is 1560. The molecule has 0 saturated heterocycles. The van der Waals surface area contributed by atoms with Crippen LogP contribution in [-0.4, -0.2) is 37.2 Å². The maximum absolute atomic E-state index is 12.7. The first-order valence-corrected chi connectivity index (χ1v) is 27.3. The van der Waals surface area contributed by atoms with Gasteiger partial charge in [-0.15, -0.1) is 0 Å². The lowest BCUT2D eigenvalue weighted by molar-refractivity contribution is -0.167. The van der Waals surface area contributed by atoms with Crippen molar-refractivity contribution in [3.8, 4) is 0 Å². The fraction of sp³-hybridized carbons (Fsp3) is 0.571. The number of ether oxygens (including phenoxy) is 3. The van der Waals surface area contributed by atoms with Gasteiger partial charge in [0, 0.05) is 19.3 Å². The second kappa shape index (κ2) is 55.9. The Hall–Kier alpha value is -4.71. The Morgan fingerprint density at radius 1 is 0.304 bits per heavy atom. The number of carbonyl (C=O) groups excluding carboxylic acids is 3. The highest BCUT2D eigenvalue weighted by Gasteiger charge is 2.19. The van der Waals surface area contributed by atoms with Crippen LogP contribution >= 0.6 is 0 Å². The molecule has 69 heavy (non-hydrogen) atoms. The van der Waals surface area contributed by atoms with Crippen molar-refractivity contribution in [2.45, 2.75) is 219 Å². The van der Waals surface area contributed by atoms with Crippen molar-refractivity contribution < 1.29 is 28.6 Å². The SMILES string of the molecule is CC/C=C\C/C=C\C/C=C\C/C=C\C/C=C\C/C=C\C/C=C\C/C=C\C/C=C\CCCCCCCC(=O)OCC(COC(=O)CCCCCCC)OC(=O)CCCCC/C=C\C/C=C\C/C=C\CC. The molecule has 6 nitrogen and oxygen atoms in total. The van der Waals surface area contributed by atoms with Crippen LogP contribution in [0.15, 0.2) is 146 Å². The molecule has 1 atom stereocenters. The van der Waals surface area contributed by atoms with E-state index in [1.54, 1.807) is 0 Å². The van der Waals surface area contributed by atoms with Crippen LogP contribution in [0.5, 0.6) is 0 Å². The summed E-state index contributed by atoms with van der Waals surface area (Å²) in [5, 5.41) is 0. The van der Waals surface area contributed by atoms with E-state index < -0.39 is 6.10 Å². The van der Waals surface area contributed by atoms with Gasteiger partial charge in [-0.25, -0.2) is 0 Å². The van der Waals surface area contributed by atoms with Crippen LogP contribution in [0.3, 0.4) is 0 Å². The summed E-state index contributed by atoms with van der Waals surface area (Å²) in [7, 11) is 0. The minimum absolute atomic E-state index is 0.102.